The maximum atomic E-state index is 6.00. The number of aromatic nitrogens is 1. The highest BCUT2D eigenvalue weighted by Crippen LogP contribution is 1.73. The maximum absolute atomic E-state index is 6.00. The molecular weight excluding hydrogens is 106 g/mol. The molecule has 8 heavy (non-hydrogen) atoms. The van der Waals surface area contributed by atoms with Crippen molar-refractivity contribution in [1.29, 1.82) is 0 Å². The molecule has 0 aliphatic carbocycles. The van der Waals surface area contributed by atoms with E-state index >= 15 is 0 Å². The lowest BCUT2D eigenvalue weighted by Gasteiger charge is -1.70. The minimum absolute atomic E-state index is 1.75. The molecule has 1 aromatic heterocycles. The summed E-state index contributed by atoms with van der Waals surface area (Å²) in [5.41, 5.74) is 0. The van der Waals surface area contributed by atoms with Crippen LogP contribution in [0.3, 0.4) is 0 Å². The number of hydrogen-bond acceptors (Lipinski definition) is 3. The summed E-state index contributed by atoms with van der Waals surface area (Å²) in [7, 11) is 0. The Hall–Kier alpha value is -0.930. The van der Waals surface area contributed by atoms with Gasteiger partial charge in [0.25, 0.3) is 0 Å². The highest BCUT2D eigenvalue weighted by Gasteiger charge is 1.58. The molecule has 0 unspecified atom stereocenters. The van der Waals surface area contributed by atoms with Crippen molar-refractivity contribution in [1.82, 2.24) is 4.98 Å². The molecule has 0 radical (unpaired) electrons. The first kappa shape index (κ1) is 7.07. The molecule has 3 nitrogen and oxygen atoms in total. The van der Waals surface area contributed by atoms with Crippen molar-refractivity contribution >= 4 is 0 Å². The number of nitrogens with zero attached hydrogens (tertiary/aromatic N) is 1. The fraction of sp³-hybridized carbons (Fsp3) is 0. The first-order valence-corrected chi connectivity index (χ1v) is 2.05. The van der Waals surface area contributed by atoms with Crippen LogP contribution in [0.1, 0.15) is 0 Å². The van der Waals surface area contributed by atoms with Gasteiger partial charge in [-0.15, -0.1) is 0 Å². The Labute approximate surface area is 47.2 Å². The van der Waals surface area contributed by atoms with Gasteiger partial charge in [-0.05, 0) is 12.1 Å². The van der Waals surface area contributed by atoms with Crippen molar-refractivity contribution in [3.05, 3.63) is 30.6 Å². The summed E-state index contributed by atoms with van der Waals surface area (Å²) in [4.78, 5) is 3.78. The molecule has 0 aliphatic heterocycles. The van der Waals surface area contributed by atoms with Crippen LogP contribution < -0.4 is 0 Å². The largest absolute Gasteiger partial charge is 0.265 e. The van der Waals surface area contributed by atoms with Crippen molar-refractivity contribution in [2.75, 3.05) is 0 Å². The number of rotatable bonds is 0. The van der Waals surface area contributed by atoms with Crippen LogP contribution in [0.25, 0.3) is 0 Å². The Morgan fingerprint density at radius 2 is 1.38 bits per heavy atom. The summed E-state index contributed by atoms with van der Waals surface area (Å²) in [5.74, 6) is 0. The van der Waals surface area contributed by atoms with E-state index in [1.54, 1.807) is 12.4 Å². The summed E-state index contributed by atoms with van der Waals surface area (Å²) < 4.78 is 0. The van der Waals surface area contributed by atoms with Crippen LogP contribution in [0.5, 0.6) is 0 Å². The minimum Gasteiger partial charge on any atom is -0.265 e. The van der Waals surface area contributed by atoms with Crippen molar-refractivity contribution in [2.24, 2.45) is 0 Å². The third-order valence-electron chi connectivity index (χ3n) is 0.566. The molecule has 0 amide bonds. The summed E-state index contributed by atoms with van der Waals surface area (Å²) in [6.07, 6.45) is 3.50. The molecule has 0 aromatic carbocycles. The van der Waals surface area contributed by atoms with Gasteiger partial charge in [0.15, 0.2) is 0 Å². The Bertz CT molecular complexity index is 82.4. The molecular formula is C5H7NO2. The Morgan fingerprint density at radius 1 is 0.875 bits per heavy atom. The third-order valence-corrected chi connectivity index (χ3v) is 0.566. The molecule has 0 aliphatic rings. The van der Waals surface area contributed by atoms with Gasteiger partial charge in [0.1, 0.15) is 0 Å². The van der Waals surface area contributed by atoms with E-state index in [9.17, 15) is 0 Å². The van der Waals surface area contributed by atoms with Gasteiger partial charge >= 0.3 is 0 Å². The number of hydrogen-bond donors (Lipinski definition) is 2. The molecule has 0 atom stereocenters. The van der Waals surface area contributed by atoms with Gasteiger partial charge in [0, 0.05) is 12.4 Å². The number of pyridine rings is 1. The normalized spacial score (nSPS) is 6.75. The first-order valence-electron chi connectivity index (χ1n) is 2.05. The molecule has 0 fully saturated rings. The van der Waals surface area contributed by atoms with Gasteiger partial charge in [0.2, 0.25) is 0 Å². The van der Waals surface area contributed by atoms with Gasteiger partial charge in [0.05, 0.1) is 0 Å². The van der Waals surface area contributed by atoms with Crippen molar-refractivity contribution < 1.29 is 10.5 Å². The summed E-state index contributed by atoms with van der Waals surface area (Å²) >= 11 is 0. The molecule has 0 saturated carbocycles. The molecule has 44 valence electrons. The van der Waals surface area contributed by atoms with Crippen LogP contribution in [-0.4, -0.2) is 15.5 Å². The van der Waals surface area contributed by atoms with E-state index in [0.717, 1.165) is 0 Å². The first-order chi connectivity index (χ1) is 4.00. The van der Waals surface area contributed by atoms with Gasteiger partial charge in [-0.2, -0.15) is 0 Å². The molecule has 1 aromatic rings. The lowest BCUT2D eigenvalue weighted by molar-refractivity contribution is -0.176. The van der Waals surface area contributed by atoms with Crippen LogP contribution in [0.4, 0.5) is 0 Å². The van der Waals surface area contributed by atoms with E-state index in [1.807, 2.05) is 18.2 Å². The van der Waals surface area contributed by atoms with Gasteiger partial charge < -0.3 is 0 Å². The van der Waals surface area contributed by atoms with Gasteiger partial charge in [-0.3, -0.25) is 15.5 Å². The lowest BCUT2D eigenvalue weighted by atomic mass is 10.5. The lowest BCUT2D eigenvalue weighted by Crippen LogP contribution is -1.58. The topological polar surface area (TPSA) is 53.4 Å². The van der Waals surface area contributed by atoms with E-state index in [1.165, 1.54) is 0 Å². The van der Waals surface area contributed by atoms with E-state index in [4.69, 9.17) is 10.5 Å². The standard InChI is InChI=1S/C5H5N.H2O2/c1-2-4-6-5-3-1;1-2/h1-5H;1-2H. The average Bonchev–Trinajstić information content (AvgIpc) is 1.96. The zero-order chi connectivity index (χ0) is 6.24. The quantitative estimate of drug-likeness (QED) is 0.391. The van der Waals surface area contributed by atoms with E-state index in [2.05, 4.69) is 4.98 Å². The van der Waals surface area contributed by atoms with Crippen molar-refractivity contribution in [2.45, 2.75) is 0 Å². The minimum atomic E-state index is 1.75. The van der Waals surface area contributed by atoms with Crippen LogP contribution in [0, 0.1) is 0 Å². The fourth-order valence-corrected chi connectivity index (χ4v) is 0.313. The molecule has 0 saturated heterocycles. The van der Waals surface area contributed by atoms with Crippen molar-refractivity contribution in [3.63, 3.8) is 0 Å². The zero-order valence-corrected chi connectivity index (χ0v) is 4.23. The Balaban J connectivity index is 0.000000222. The maximum Gasteiger partial charge on any atom is 0.0267 e. The average molecular weight is 113 g/mol. The molecule has 0 spiro atoms. The molecule has 2 N–H and O–H groups in total. The zero-order valence-electron chi connectivity index (χ0n) is 4.23. The summed E-state index contributed by atoms with van der Waals surface area (Å²) in [5, 5.41) is 12.0. The van der Waals surface area contributed by atoms with E-state index in [0.29, 0.717) is 0 Å². The Kier molecular flexibility index (Phi) is 5.36. The smallest absolute Gasteiger partial charge is 0.0267 e. The molecule has 1 rings (SSSR count). The van der Waals surface area contributed by atoms with E-state index in [-0.39, 0.29) is 0 Å². The van der Waals surface area contributed by atoms with E-state index < -0.39 is 0 Å². The SMILES string of the molecule is OO.c1ccncc1. The van der Waals surface area contributed by atoms with Crippen LogP contribution in [0.15, 0.2) is 30.6 Å². The summed E-state index contributed by atoms with van der Waals surface area (Å²) in [6.45, 7) is 0. The van der Waals surface area contributed by atoms with Gasteiger partial charge in [-0.25, -0.2) is 0 Å². The third kappa shape index (κ3) is 3.27. The molecule has 1 heterocycles. The van der Waals surface area contributed by atoms with Crippen LogP contribution >= 0.6 is 0 Å². The molecule has 3 heteroatoms. The molecule has 0 bridgehead atoms. The predicted octanol–water partition coefficient (Wildman–Crippen LogP) is 1.10. The predicted molar refractivity (Wildman–Crippen MR) is 29.5 cm³/mol. The fourth-order valence-electron chi connectivity index (χ4n) is 0.313. The Morgan fingerprint density at radius 3 is 1.50 bits per heavy atom. The van der Waals surface area contributed by atoms with Gasteiger partial charge in [-0.1, -0.05) is 6.07 Å². The van der Waals surface area contributed by atoms with Crippen molar-refractivity contribution in [3.8, 4) is 0 Å². The monoisotopic (exact) mass is 113 g/mol. The second-order valence-corrected chi connectivity index (χ2v) is 1.02. The second-order valence-electron chi connectivity index (χ2n) is 1.02. The highest BCUT2D eigenvalue weighted by atomic mass is 17.0. The highest BCUT2D eigenvalue weighted by molar-refractivity contribution is 4.88. The summed E-state index contributed by atoms with van der Waals surface area (Å²) in [6, 6.07) is 5.72. The van der Waals surface area contributed by atoms with Crippen LogP contribution in [0.2, 0.25) is 0 Å². The second kappa shape index (κ2) is 6.07. The van der Waals surface area contributed by atoms with Crippen LogP contribution in [-0.2, 0) is 0 Å².